The Morgan fingerprint density at radius 3 is 2.40 bits per heavy atom. The maximum atomic E-state index is 11.8. The first-order valence-corrected chi connectivity index (χ1v) is 6.80. The molecule has 1 aromatic carbocycles. The topological polar surface area (TPSA) is 75.6 Å². The highest BCUT2D eigenvalue weighted by Gasteiger charge is 2.18. The van der Waals surface area contributed by atoms with Gasteiger partial charge in [0.2, 0.25) is 5.91 Å². The number of ether oxygens (including phenoxy) is 1. The smallest absolute Gasteiger partial charge is 0.326 e. The largest absolute Gasteiger partial charge is 0.494 e. The Labute approximate surface area is 118 Å². The van der Waals surface area contributed by atoms with Crippen molar-refractivity contribution in [2.24, 2.45) is 0 Å². The van der Waals surface area contributed by atoms with Gasteiger partial charge in [-0.25, -0.2) is 4.79 Å². The summed E-state index contributed by atoms with van der Waals surface area (Å²) in [6, 6.07) is 6.40. The first-order chi connectivity index (χ1) is 9.56. The number of rotatable bonds is 8. The number of carboxylic acid groups (broad SMARTS) is 1. The maximum Gasteiger partial charge on any atom is 0.326 e. The van der Waals surface area contributed by atoms with E-state index >= 15 is 0 Å². The zero-order chi connectivity index (χ0) is 15.0. The molecule has 1 atom stereocenters. The van der Waals surface area contributed by atoms with Crippen LogP contribution in [0, 0.1) is 0 Å². The van der Waals surface area contributed by atoms with Gasteiger partial charge in [0.05, 0.1) is 13.0 Å². The molecule has 0 saturated heterocycles. The molecule has 0 saturated carbocycles. The van der Waals surface area contributed by atoms with Gasteiger partial charge in [-0.15, -0.1) is 0 Å². The Morgan fingerprint density at radius 2 is 1.90 bits per heavy atom. The summed E-state index contributed by atoms with van der Waals surface area (Å²) < 4.78 is 5.32. The molecule has 2 N–H and O–H groups in total. The number of carboxylic acids is 1. The molecule has 110 valence electrons. The van der Waals surface area contributed by atoms with Crippen LogP contribution in [0.25, 0.3) is 0 Å². The molecule has 1 aromatic rings. The first kappa shape index (κ1) is 16.0. The van der Waals surface area contributed by atoms with Crippen LogP contribution in [0.3, 0.4) is 0 Å². The van der Waals surface area contributed by atoms with E-state index in [1.165, 1.54) is 0 Å². The van der Waals surface area contributed by atoms with Gasteiger partial charge in [0.1, 0.15) is 11.8 Å². The molecule has 0 aliphatic rings. The molecule has 1 rings (SSSR count). The van der Waals surface area contributed by atoms with Crippen molar-refractivity contribution in [1.82, 2.24) is 5.32 Å². The van der Waals surface area contributed by atoms with Gasteiger partial charge >= 0.3 is 5.97 Å². The number of hydrogen-bond acceptors (Lipinski definition) is 3. The summed E-state index contributed by atoms with van der Waals surface area (Å²) in [5.41, 5.74) is 0.826. The average Bonchev–Trinajstić information content (AvgIpc) is 2.40. The molecule has 0 fully saturated rings. The van der Waals surface area contributed by atoms with Gasteiger partial charge in [-0.1, -0.05) is 25.5 Å². The number of carbonyl (C=O) groups excluding carboxylic acids is 1. The molecule has 0 aromatic heterocycles. The van der Waals surface area contributed by atoms with Crippen molar-refractivity contribution in [2.75, 3.05) is 6.61 Å². The number of hydrogen-bond donors (Lipinski definition) is 2. The van der Waals surface area contributed by atoms with Crippen molar-refractivity contribution >= 4 is 11.9 Å². The Kier molecular flexibility index (Phi) is 6.56. The molecule has 1 amide bonds. The Balaban J connectivity index is 2.54. The summed E-state index contributed by atoms with van der Waals surface area (Å²) >= 11 is 0. The molecule has 0 spiro atoms. The molecule has 20 heavy (non-hydrogen) atoms. The van der Waals surface area contributed by atoms with E-state index in [0.717, 1.165) is 11.3 Å². The first-order valence-electron chi connectivity index (χ1n) is 6.80. The Hall–Kier alpha value is -2.04. The lowest BCUT2D eigenvalue weighted by atomic mass is 10.1. The number of carbonyl (C=O) groups is 2. The summed E-state index contributed by atoms with van der Waals surface area (Å²) in [5.74, 6) is -0.520. The van der Waals surface area contributed by atoms with Crippen molar-refractivity contribution < 1.29 is 19.4 Å². The third-order valence-corrected chi connectivity index (χ3v) is 2.81. The standard InChI is InChI=1S/C15H21NO4/c1-3-5-13(15(18)19)16-14(17)10-11-6-8-12(9-7-11)20-4-2/h6-9,13H,3-5,10H2,1-2H3,(H,16,17)(H,18,19)/t13-/m1/s1. The van der Waals surface area contributed by atoms with Gasteiger partial charge in [0.15, 0.2) is 0 Å². The highest BCUT2D eigenvalue weighted by molar-refractivity contribution is 5.84. The molecule has 0 bridgehead atoms. The van der Waals surface area contributed by atoms with E-state index in [9.17, 15) is 9.59 Å². The van der Waals surface area contributed by atoms with Gasteiger partial charge in [-0.3, -0.25) is 4.79 Å². The molecule has 0 heterocycles. The summed E-state index contributed by atoms with van der Waals surface area (Å²) in [7, 11) is 0. The van der Waals surface area contributed by atoms with Crippen LogP contribution in [0.15, 0.2) is 24.3 Å². The second kappa shape index (κ2) is 8.19. The maximum absolute atomic E-state index is 11.8. The minimum atomic E-state index is -0.994. The average molecular weight is 279 g/mol. The lowest BCUT2D eigenvalue weighted by Crippen LogP contribution is -2.41. The van der Waals surface area contributed by atoms with Crippen molar-refractivity contribution in [3.63, 3.8) is 0 Å². The molecule has 0 aliphatic carbocycles. The van der Waals surface area contributed by atoms with Gasteiger partial charge in [0, 0.05) is 0 Å². The Morgan fingerprint density at radius 1 is 1.25 bits per heavy atom. The van der Waals surface area contributed by atoms with Crippen molar-refractivity contribution in [1.29, 1.82) is 0 Å². The number of aliphatic carboxylic acids is 1. The van der Waals surface area contributed by atoms with Crippen LogP contribution in [-0.2, 0) is 16.0 Å². The van der Waals surface area contributed by atoms with Crippen molar-refractivity contribution in [2.45, 2.75) is 39.2 Å². The number of amides is 1. The fourth-order valence-electron chi connectivity index (χ4n) is 1.85. The SMILES string of the molecule is CCC[C@@H](NC(=O)Cc1ccc(OCC)cc1)C(=O)O. The van der Waals surface area contributed by atoms with Crippen LogP contribution in [0.5, 0.6) is 5.75 Å². The van der Waals surface area contributed by atoms with E-state index in [-0.39, 0.29) is 12.3 Å². The highest BCUT2D eigenvalue weighted by Crippen LogP contribution is 2.12. The molecule has 0 unspecified atom stereocenters. The van der Waals surface area contributed by atoms with Gasteiger partial charge < -0.3 is 15.2 Å². The fourth-order valence-corrected chi connectivity index (χ4v) is 1.85. The molecule has 5 nitrogen and oxygen atoms in total. The second-order valence-corrected chi connectivity index (χ2v) is 4.50. The molecule has 5 heteroatoms. The number of benzene rings is 1. The molecule has 0 radical (unpaired) electrons. The van der Waals surface area contributed by atoms with E-state index in [0.29, 0.717) is 19.4 Å². The van der Waals surface area contributed by atoms with E-state index < -0.39 is 12.0 Å². The van der Waals surface area contributed by atoms with Gasteiger partial charge in [0.25, 0.3) is 0 Å². The predicted octanol–water partition coefficient (Wildman–Crippen LogP) is 2.00. The summed E-state index contributed by atoms with van der Waals surface area (Å²) in [6.07, 6.45) is 1.31. The molecular formula is C15H21NO4. The quantitative estimate of drug-likeness (QED) is 0.763. The van der Waals surface area contributed by atoms with E-state index in [4.69, 9.17) is 9.84 Å². The predicted molar refractivity (Wildman–Crippen MR) is 75.8 cm³/mol. The van der Waals surface area contributed by atoms with E-state index in [1.807, 2.05) is 13.8 Å². The monoisotopic (exact) mass is 279 g/mol. The van der Waals surface area contributed by atoms with E-state index in [2.05, 4.69) is 5.32 Å². The van der Waals surface area contributed by atoms with Crippen LogP contribution < -0.4 is 10.1 Å². The summed E-state index contributed by atoms with van der Waals surface area (Å²) in [6.45, 7) is 4.38. The zero-order valence-electron chi connectivity index (χ0n) is 11.9. The lowest BCUT2D eigenvalue weighted by Gasteiger charge is -2.13. The van der Waals surface area contributed by atoms with Crippen LogP contribution in [0.4, 0.5) is 0 Å². The van der Waals surface area contributed by atoms with Crippen LogP contribution in [0.2, 0.25) is 0 Å². The third kappa shape index (κ3) is 5.30. The van der Waals surface area contributed by atoms with Crippen LogP contribution in [0.1, 0.15) is 32.3 Å². The fraction of sp³-hybridized carbons (Fsp3) is 0.467. The highest BCUT2D eigenvalue weighted by atomic mass is 16.5. The van der Waals surface area contributed by atoms with Crippen molar-refractivity contribution in [3.8, 4) is 5.75 Å². The third-order valence-electron chi connectivity index (χ3n) is 2.81. The molecule has 0 aliphatic heterocycles. The second-order valence-electron chi connectivity index (χ2n) is 4.50. The molecular weight excluding hydrogens is 258 g/mol. The minimum absolute atomic E-state index is 0.167. The van der Waals surface area contributed by atoms with Gasteiger partial charge in [-0.2, -0.15) is 0 Å². The van der Waals surface area contributed by atoms with Crippen LogP contribution in [-0.4, -0.2) is 29.6 Å². The van der Waals surface area contributed by atoms with E-state index in [1.54, 1.807) is 24.3 Å². The van der Waals surface area contributed by atoms with Gasteiger partial charge in [-0.05, 0) is 31.0 Å². The lowest BCUT2D eigenvalue weighted by molar-refractivity contribution is -0.141. The zero-order valence-corrected chi connectivity index (χ0v) is 11.9. The summed E-state index contributed by atoms with van der Waals surface area (Å²) in [4.78, 5) is 22.8. The Bertz CT molecular complexity index is 442. The van der Waals surface area contributed by atoms with Crippen molar-refractivity contribution in [3.05, 3.63) is 29.8 Å². The minimum Gasteiger partial charge on any atom is -0.494 e. The number of nitrogens with one attached hydrogen (secondary N) is 1. The van der Waals surface area contributed by atoms with Crippen LogP contribution >= 0.6 is 0 Å². The normalized spacial score (nSPS) is 11.7. The summed E-state index contributed by atoms with van der Waals surface area (Å²) in [5, 5.41) is 11.5.